The van der Waals surface area contributed by atoms with Crippen LogP contribution in [0.2, 0.25) is 0 Å². The number of fused-ring (bicyclic) bond motifs is 4. The van der Waals surface area contributed by atoms with Gasteiger partial charge < -0.3 is 61.9 Å². The molecule has 29 nitrogen and oxygen atoms in total. The first-order chi connectivity index (χ1) is 33.8. The normalized spacial score (nSPS) is 19.9. The molecule has 0 radical (unpaired) electrons. The van der Waals surface area contributed by atoms with Gasteiger partial charge in [-0.1, -0.05) is 31.7 Å². The molecular formula is C38H50N11O18P3S2. The number of nitrogens with two attached hydrogens (primary N) is 2. The van der Waals surface area contributed by atoms with E-state index in [1.54, 1.807) is 24.5 Å². The molecule has 8 unspecified atom stereocenters. The largest absolute Gasteiger partial charge is 0.481 e. The Morgan fingerprint density at radius 1 is 0.931 bits per heavy atom. The zero-order valence-electron chi connectivity index (χ0n) is 37.9. The third-order valence-electron chi connectivity index (χ3n) is 10.3. The maximum atomic E-state index is 12.8. The van der Waals surface area contributed by atoms with Gasteiger partial charge in [0, 0.05) is 59.6 Å². The third-order valence-corrected chi connectivity index (χ3v) is 15.5. The third kappa shape index (κ3) is 15.2. The van der Waals surface area contributed by atoms with E-state index >= 15 is 0 Å². The minimum absolute atomic E-state index is 0.0177. The Balaban J connectivity index is 0.860. The number of rotatable bonds is 25. The number of amides is 3. The van der Waals surface area contributed by atoms with Gasteiger partial charge >= 0.3 is 23.5 Å². The first-order valence-electron chi connectivity index (χ1n) is 21.2. The van der Waals surface area contributed by atoms with E-state index in [0.717, 1.165) is 39.8 Å². The van der Waals surface area contributed by atoms with E-state index in [0.29, 0.717) is 16.7 Å². The van der Waals surface area contributed by atoms with Crippen LogP contribution in [-0.4, -0.2) is 156 Å². The predicted octanol–water partition coefficient (Wildman–Crippen LogP) is 0.460. The number of carbonyl (C=O) groups is 4. The van der Waals surface area contributed by atoms with Gasteiger partial charge in [0.25, 0.3) is 0 Å². The van der Waals surface area contributed by atoms with Crippen molar-refractivity contribution in [2.24, 2.45) is 11.1 Å². The van der Waals surface area contributed by atoms with E-state index in [-0.39, 0.29) is 64.8 Å². The van der Waals surface area contributed by atoms with Crippen molar-refractivity contribution >= 4 is 114 Å². The van der Waals surface area contributed by atoms with Crippen LogP contribution in [0.3, 0.4) is 0 Å². The average molecular weight is 1110 g/mol. The molecule has 0 saturated carbocycles. The number of nitrogen functional groups attached to an aromatic ring is 1. The maximum absolute atomic E-state index is 12.8. The number of nitrogens with zero attached hydrogens (tertiary/aromatic N) is 6. The van der Waals surface area contributed by atoms with Crippen molar-refractivity contribution < 1.29 is 85.3 Å². The standard InChI is InChI=1S/C38H50N11O18P3S2/c1-38(2,17-64-70(61,62)67-69(59,60)63-14-24-31(66-68(56,57)58)30(52)36(65-24)49-19-47-29-33(40)45-18-46-34(29)49)32(53)35(54)44-10-7-25(50)41-11-12-72-37(55)22(39)15-71-16-26(51)48-23-13-20-5-3-8-42-27(20)28-21(23)6-4-9-43-28/h3-6,8-9,13,18-19,22,24,30-32,36,52-53H,7,10-12,14-17,39H2,1-2H3,(H,41,50)(H,44,54)(H,48,51)(H,59,60)(H,61,62)(H2,40,45,46)(H2,56,57,58). The number of anilines is 2. The highest BCUT2D eigenvalue weighted by Crippen LogP contribution is 2.61. The highest BCUT2D eigenvalue weighted by atomic mass is 32.2. The molecule has 392 valence electrons. The fourth-order valence-electron chi connectivity index (χ4n) is 6.80. The summed E-state index contributed by atoms with van der Waals surface area (Å²) < 4.78 is 62.5. The Morgan fingerprint density at radius 3 is 2.38 bits per heavy atom. The SMILES string of the molecule is CC(C)(COP(=O)(O)OP(=O)(O)OCC1OC(n2cnc3c(N)ncnc32)C(O)C1OP(=O)(O)O)C(O)C(=O)NCCC(=O)NCCSC(=O)C(N)CSCC(=O)Nc1cc2cccnc2c2ncccc12. The number of thioether (sulfide) groups is 2. The molecule has 0 spiro atoms. The molecule has 1 aliphatic rings. The van der Waals surface area contributed by atoms with Crippen molar-refractivity contribution in [2.45, 2.75) is 57.0 Å². The van der Waals surface area contributed by atoms with Gasteiger partial charge in [0.15, 0.2) is 17.7 Å². The van der Waals surface area contributed by atoms with Crippen LogP contribution in [-0.2, 0) is 55.5 Å². The van der Waals surface area contributed by atoms with E-state index in [4.69, 9.17) is 25.3 Å². The topological polar surface area (TPSA) is 445 Å². The number of aliphatic hydroxyl groups excluding tert-OH is 2. The number of ether oxygens (including phenoxy) is 1. The minimum atomic E-state index is -5.61. The van der Waals surface area contributed by atoms with E-state index in [9.17, 15) is 62.7 Å². The molecular weight excluding hydrogens is 1060 g/mol. The quantitative estimate of drug-likeness (QED) is 0.0215. The summed E-state index contributed by atoms with van der Waals surface area (Å²) in [7, 11) is -16.5. The van der Waals surface area contributed by atoms with Crippen LogP contribution in [0.5, 0.6) is 0 Å². The molecule has 4 aromatic heterocycles. The highest BCUT2D eigenvalue weighted by Gasteiger charge is 2.50. The summed E-state index contributed by atoms with van der Waals surface area (Å²) in [6.45, 7) is 0.192. The summed E-state index contributed by atoms with van der Waals surface area (Å²) in [6, 6.07) is 8.17. The number of hydrogen-bond donors (Lipinski definition) is 11. The zero-order chi connectivity index (χ0) is 52.6. The average Bonchev–Trinajstić information content (AvgIpc) is 3.88. The molecule has 1 fully saturated rings. The first kappa shape index (κ1) is 56.7. The van der Waals surface area contributed by atoms with Gasteiger partial charge in [0.1, 0.15) is 36.3 Å². The van der Waals surface area contributed by atoms with Crippen molar-refractivity contribution in [3.63, 3.8) is 0 Å². The molecule has 6 rings (SSSR count). The lowest BCUT2D eigenvalue weighted by Gasteiger charge is -2.30. The molecule has 8 atom stereocenters. The highest BCUT2D eigenvalue weighted by molar-refractivity contribution is 8.13. The number of benzene rings is 1. The van der Waals surface area contributed by atoms with Crippen molar-refractivity contribution in [3.05, 3.63) is 55.4 Å². The second-order valence-corrected chi connectivity index (χ2v) is 22.7. The summed E-state index contributed by atoms with van der Waals surface area (Å²) in [4.78, 5) is 111. The van der Waals surface area contributed by atoms with Crippen LogP contribution < -0.4 is 27.4 Å². The Morgan fingerprint density at radius 2 is 1.64 bits per heavy atom. The lowest BCUT2D eigenvalue weighted by molar-refractivity contribution is -0.137. The van der Waals surface area contributed by atoms with Crippen LogP contribution in [0, 0.1) is 5.41 Å². The lowest BCUT2D eigenvalue weighted by Crippen LogP contribution is -2.46. The summed E-state index contributed by atoms with van der Waals surface area (Å²) in [5.74, 6) is -1.53. The van der Waals surface area contributed by atoms with Crippen molar-refractivity contribution in [3.8, 4) is 0 Å². The molecule has 3 amide bonds. The molecule has 0 bridgehead atoms. The van der Waals surface area contributed by atoms with Gasteiger partial charge in [-0.25, -0.2) is 28.6 Å². The number of hydrogen-bond acceptors (Lipinski definition) is 23. The molecule has 1 aliphatic heterocycles. The smallest absolute Gasteiger partial charge is 0.386 e. The molecule has 34 heteroatoms. The fraction of sp³-hybridized carbons (Fsp3) is 0.447. The minimum Gasteiger partial charge on any atom is -0.386 e. The Kier molecular flexibility index (Phi) is 19.0. The van der Waals surface area contributed by atoms with Gasteiger partial charge in [0.2, 0.25) is 22.8 Å². The number of phosphoric ester groups is 3. The van der Waals surface area contributed by atoms with Crippen molar-refractivity contribution in [1.29, 1.82) is 0 Å². The van der Waals surface area contributed by atoms with E-state index < -0.39 is 90.6 Å². The van der Waals surface area contributed by atoms with E-state index in [2.05, 4.69) is 49.7 Å². The number of carbonyl (C=O) groups excluding carboxylic acids is 4. The van der Waals surface area contributed by atoms with Crippen molar-refractivity contribution in [2.75, 3.05) is 54.6 Å². The Hall–Kier alpha value is -4.62. The number of imidazole rings is 1. The maximum Gasteiger partial charge on any atom is 0.481 e. The summed E-state index contributed by atoms with van der Waals surface area (Å²) >= 11 is 2.07. The number of aliphatic hydroxyl groups is 2. The zero-order valence-corrected chi connectivity index (χ0v) is 42.2. The van der Waals surface area contributed by atoms with E-state index in [1.807, 2.05) is 18.2 Å². The van der Waals surface area contributed by atoms with Gasteiger partial charge in [-0.15, -0.1) is 11.8 Å². The molecule has 5 aromatic rings. The Bertz CT molecular complexity index is 2940. The molecule has 72 heavy (non-hydrogen) atoms. The first-order valence-corrected chi connectivity index (χ1v) is 27.8. The summed E-state index contributed by atoms with van der Waals surface area (Å²) in [5.41, 5.74) is 12.2. The van der Waals surface area contributed by atoms with E-state index in [1.165, 1.54) is 25.6 Å². The Labute approximate surface area is 416 Å². The lowest BCUT2D eigenvalue weighted by atomic mass is 9.87. The number of nitrogens with one attached hydrogen (secondary N) is 3. The van der Waals surface area contributed by atoms with Gasteiger partial charge in [-0.05, 0) is 24.3 Å². The van der Waals surface area contributed by atoms with Crippen LogP contribution in [0.25, 0.3) is 33.0 Å². The van der Waals surface area contributed by atoms with Crippen LogP contribution >= 0.6 is 47.0 Å². The van der Waals surface area contributed by atoms with Crippen molar-refractivity contribution in [1.82, 2.24) is 40.1 Å². The van der Waals surface area contributed by atoms with Crippen LogP contribution in [0.4, 0.5) is 11.5 Å². The predicted molar refractivity (Wildman–Crippen MR) is 258 cm³/mol. The number of aromatic nitrogens is 6. The fourth-order valence-corrected chi connectivity index (χ4v) is 11.2. The monoisotopic (exact) mass is 1110 g/mol. The summed E-state index contributed by atoms with van der Waals surface area (Å²) in [5, 5.41) is 30.6. The summed E-state index contributed by atoms with van der Waals surface area (Å²) in [6.07, 6.45) is -3.83. The molecule has 1 saturated heterocycles. The number of phosphoric acid groups is 3. The van der Waals surface area contributed by atoms with Gasteiger partial charge in [0.05, 0.1) is 48.1 Å². The van der Waals surface area contributed by atoms with Gasteiger partial charge in [-0.3, -0.25) is 47.3 Å². The second-order valence-electron chi connectivity index (χ2n) is 16.3. The van der Waals surface area contributed by atoms with Crippen LogP contribution in [0.1, 0.15) is 26.5 Å². The van der Waals surface area contributed by atoms with Gasteiger partial charge in [-0.2, -0.15) is 4.31 Å². The van der Waals surface area contributed by atoms with Crippen LogP contribution in [0.15, 0.2) is 55.4 Å². The molecule has 13 N–H and O–H groups in total. The molecule has 0 aliphatic carbocycles. The second kappa shape index (κ2) is 24.2. The number of pyridine rings is 2. The molecule has 1 aromatic carbocycles. The molecule has 5 heterocycles.